The van der Waals surface area contributed by atoms with E-state index in [9.17, 15) is 4.79 Å². The van der Waals surface area contributed by atoms with Crippen LogP contribution < -0.4 is 16.8 Å². The first-order valence-electron chi connectivity index (χ1n) is 13.5. The van der Waals surface area contributed by atoms with Crippen LogP contribution >= 0.6 is 0 Å². The number of anilines is 1. The average Bonchev–Trinajstić information content (AvgIpc) is 2.91. The van der Waals surface area contributed by atoms with E-state index >= 15 is 0 Å². The second-order valence-electron chi connectivity index (χ2n) is 8.09. The molecule has 1 aliphatic rings. The Hall–Kier alpha value is -2.77. The van der Waals surface area contributed by atoms with Gasteiger partial charge in [-0.2, -0.15) is 0 Å². The number of aromatic nitrogens is 1. The van der Waals surface area contributed by atoms with Crippen molar-refractivity contribution < 1.29 is 4.79 Å². The fraction of sp³-hybridized carbons (Fsp3) is 0.552. The molecular formula is C29H50N6O. The van der Waals surface area contributed by atoms with Crippen LogP contribution in [-0.4, -0.2) is 54.7 Å². The number of para-hydroxylation sites is 1. The van der Waals surface area contributed by atoms with E-state index in [1.807, 2.05) is 51.8 Å². The minimum Gasteiger partial charge on any atom is -0.382 e. The SMILES string of the molecule is CC.CC.CC(=O)CCCC(=N)N(C)CCNc1c2c(nc3ccccc13)CCC=C2.NCCCN. The summed E-state index contributed by atoms with van der Waals surface area (Å²) in [7, 11) is 1.94. The predicted molar refractivity (Wildman–Crippen MR) is 158 cm³/mol. The molecule has 0 saturated carbocycles. The summed E-state index contributed by atoms with van der Waals surface area (Å²) in [4.78, 5) is 17.8. The van der Waals surface area contributed by atoms with E-state index in [4.69, 9.17) is 21.9 Å². The number of amidine groups is 1. The van der Waals surface area contributed by atoms with Crippen molar-refractivity contribution in [1.82, 2.24) is 9.88 Å². The molecule has 1 aromatic heterocycles. The van der Waals surface area contributed by atoms with Gasteiger partial charge in [-0.25, -0.2) is 0 Å². The van der Waals surface area contributed by atoms with Gasteiger partial charge < -0.3 is 26.5 Å². The molecule has 7 nitrogen and oxygen atoms in total. The van der Waals surface area contributed by atoms with Gasteiger partial charge in [0.25, 0.3) is 0 Å². The molecule has 1 heterocycles. The maximum atomic E-state index is 11.0. The van der Waals surface area contributed by atoms with Gasteiger partial charge in [0.1, 0.15) is 5.78 Å². The molecule has 2 aromatic rings. The molecule has 1 aromatic carbocycles. The summed E-state index contributed by atoms with van der Waals surface area (Å²) < 4.78 is 0. The number of carbonyl (C=O) groups excluding carboxylic acids is 1. The highest BCUT2D eigenvalue weighted by Gasteiger charge is 2.15. The lowest BCUT2D eigenvalue weighted by Crippen LogP contribution is -2.31. The number of hydrogen-bond acceptors (Lipinski definition) is 6. The molecule has 0 bridgehead atoms. The maximum Gasteiger partial charge on any atom is 0.129 e. The van der Waals surface area contributed by atoms with Crippen molar-refractivity contribution in [1.29, 1.82) is 5.41 Å². The van der Waals surface area contributed by atoms with Gasteiger partial charge in [-0.1, -0.05) is 58.0 Å². The van der Waals surface area contributed by atoms with E-state index in [-0.39, 0.29) is 5.78 Å². The summed E-state index contributed by atoms with van der Waals surface area (Å²) in [5, 5.41) is 12.9. The van der Waals surface area contributed by atoms with Gasteiger partial charge in [0, 0.05) is 43.9 Å². The molecule has 0 spiro atoms. The van der Waals surface area contributed by atoms with Crippen LogP contribution in [0.5, 0.6) is 0 Å². The molecule has 0 atom stereocenters. The Morgan fingerprint density at radius 2 is 1.75 bits per heavy atom. The number of hydrogen-bond donors (Lipinski definition) is 4. The lowest BCUT2D eigenvalue weighted by Gasteiger charge is -2.22. The van der Waals surface area contributed by atoms with E-state index in [2.05, 4.69) is 29.6 Å². The molecule has 6 N–H and O–H groups in total. The number of pyridine rings is 1. The molecule has 7 heteroatoms. The second kappa shape index (κ2) is 20.4. The molecule has 202 valence electrons. The number of nitrogens with two attached hydrogens (primary N) is 2. The summed E-state index contributed by atoms with van der Waals surface area (Å²) in [6.07, 6.45) is 9.29. The number of carbonyl (C=O) groups is 1. The van der Waals surface area contributed by atoms with E-state index in [0.717, 1.165) is 74.1 Å². The maximum absolute atomic E-state index is 11.0. The van der Waals surface area contributed by atoms with E-state index < -0.39 is 0 Å². The monoisotopic (exact) mass is 498 g/mol. The summed E-state index contributed by atoms with van der Waals surface area (Å²) in [5.41, 5.74) is 14.6. The van der Waals surface area contributed by atoms with Crippen LogP contribution in [0.25, 0.3) is 17.0 Å². The largest absolute Gasteiger partial charge is 0.382 e. The fourth-order valence-corrected chi connectivity index (χ4v) is 3.56. The first-order chi connectivity index (χ1) is 17.5. The molecule has 0 radical (unpaired) electrons. The third-order valence-corrected chi connectivity index (χ3v) is 5.40. The molecule has 0 aliphatic heterocycles. The zero-order valence-corrected chi connectivity index (χ0v) is 23.5. The van der Waals surface area contributed by atoms with Gasteiger partial charge in [0.05, 0.1) is 22.7 Å². The number of nitrogens with one attached hydrogen (secondary N) is 2. The molecule has 0 amide bonds. The van der Waals surface area contributed by atoms with Crippen molar-refractivity contribution >= 4 is 34.3 Å². The second-order valence-corrected chi connectivity index (χ2v) is 8.09. The fourth-order valence-electron chi connectivity index (χ4n) is 3.56. The van der Waals surface area contributed by atoms with Crippen LogP contribution in [0.2, 0.25) is 0 Å². The van der Waals surface area contributed by atoms with Crippen LogP contribution in [0.3, 0.4) is 0 Å². The van der Waals surface area contributed by atoms with Gasteiger partial charge in [-0.05, 0) is 51.8 Å². The van der Waals surface area contributed by atoms with E-state index in [1.165, 1.54) is 5.56 Å². The van der Waals surface area contributed by atoms with Crippen LogP contribution in [0.4, 0.5) is 5.69 Å². The smallest absolute Gasteiger partial charge is 0.129 e. The molecular weight excluding hydrogens is 448 g/mol. The number of nitrogens with zero attached hydrogens (tertiary/aromatic N) is 2. The third-order valence-electron chi connectivity index (χ3n) is 5.40. The Morgan fingerprint density at radius 3 is 2.36 bits per heavy atom. The van der Waals surface area contributed by atoms with Gasteiger partial charge in [-0.15, -0.1) is 0 Å². The molecule has 0 saturated heterocycles. The zero-order valence-electron chi connectivity index (χ0n) is 23.5. The minimum absolute atomic E-state index is 0.189. The summed E-state index contributed by atoms with van der Waals surface area (Å²) in [6, 6.07) is 8.25. The topological polar surface area (TPSA) is 121 Å². The normalized spacial score (nSPS) is 11.0. The van der Waals surface area contributed by atoms with Crippen LogP contribution in [0.15, 0.2) is 30.3 Å². The lowest BCUT2D eigenvalue weighted by atomic mass is 9.98. The zero-order chi connectivity index (χ0) is 27.3. The number of allylic oxidation sites excluding steroid dienone is 1. The van der Waals surface area contributed by atoms with Crippen molar-refractivity contribution in [3.63, 3.8) is 0 Å². The number of ketones is 1. The molecule has 0 fully saturated rings. The van der Waals surface area contributed by atoms with E-state index in [1.54, 1.807) is 6.92 Å². The first kappa shape index (κ1) is 33.2. The van der Waals surface area contributed by atoms with Crippen LogP contribution in [0.1, 0.15) is 78.0 Å². The Morgan fingerprint density at radius 1 is 1.08 bits per heavy atom. The highest BCUT2D eigenvalue weighted by molar-refractivity contribution is 5.96. The van der Waals surface area contributed by atoms with Crippen molar-refractivity contribution in [3.05, 3.63) is 41.6 Å². The number of benzene rings is 1. The van der Waals surface area contributed by atoms with Crippen molar-refractivity contribution in [3.8, 4) is 0 Å². The Kier molecular flexibility index (Phi) is 18.9. The highest BCUT2D eigenvalue weighted by atomic mass is 16.1. The standard InChI is InChI=1S/C22H28N4O.C3H10N2.2C2H6/c1-16(27)8-7-13-21(23)26(2)15-14-24-22-17-9-3-5-11-19(17)25-20-12-6-4-10-18(20)22;4-2-1-3-5;2*1-2/h3-5,9-11,23H,6-8,12-15H2,1-2H3,(H,24,25);1-5H2;2*1-2H3. The Balaban J connectivity index is 0.00000119. The Bertz CT molecular complexity index is 923. The summed E-state index contributed by atoms with van der Waals surface area (Å²) in [5.74, 6) is 0.772. The first-order valence-corrected chi connectivity index (χ1v) is 13.5. The molecule has 3 rings (SSSR count). The summed E-state index contributed by atoms with van der Waals surface area (Å²) in [6.45, 7) is 12.5. The minimum atomic E-state index is 0.189. The van der Waals surface area contributed by atoms with Crippen molar-refractivity contribution in [2.75, 3.05) is 38.5 Å². The molecule has 36 heavy (non-hydrogen) atoms. The lowest BCUT2D eigenvalue weighted by molar-refractivity contribution is -0.117. The average molecular weight is 499 g/mol. The molecule has 1 aliphatic carbocycles. The van der Waals surface area contributed by atoms with Gasteiger partial charge >= 0.3 is 0 Å². The van der Waals surface area contributed by atoms with Crippen LogP contribution in [0, 0.1) is 5.41 Å². The van der Waals surface area contributed by atoms with Crippen molar-refractivity contribution in [2.24, 2.45) is 11.5 Å². The third kappa shape index (κ3) is 11.8. The predicted octanol–water partition coefficient (Wildman–Crippen LogP) is 5.62. The number of likely N-dealkylation sites (N-methyl/N-ethyl adjacent to an activating group) is 1. The number of fused-ring (bicyclic) bond motifs is 2. The van der Waals surface area contributed by atoms with Crippen molar-refractivity contribution in [2.45, 2.75) is 73.1 Å². The van der Waals surface area contributed by atoms with Gasteiger partial charge in [0.2, 0.25) is 0 Å². The quantitative estimate of drug-likeness (QED) is 0.249. The Labute approximate surface area is 219 Å². The summed E-state index contributed by atoms with van der Waals surface area (Å²) >= 11 is 0. The number of aryl methyl sites for hydroxylation is 1. The van der Waals surface area contributed by atoms with Crippen LogP contribution in [-0.2, 0) is 11.2 Å². The molecule has 0 unspecified atom stereocenters. The number of Topliss-reactive ketones (excluding diaryl/α,β-unsaturated/α-hetero) is 1. The highest BCUT2D eigenvalue weighted by Crippen LogP contribution is 2.32. The number of rotatable bonds is 10. The van der Waals surface area contributed by atoms with E-state index in [0.29, 0.717) is 18.7 Å². The van der Waals surface area contributed by atoms with Gasteiger partial charge in [0.15, 0.2) is 0 Å². The van der Waals surface area contributed by atoms with Gasteiger partial charge in [-0.3, -0.25) is 10.4 Å².